The van der Waals surface area contributed by atoms with E-state index in [4.69, 9.17) is 0 Å². The predicted molar refractivity (Wildman–Crippen MR) is 73.9 cm³/mol. The normalized spacial score (nSPS) is 9.62. The first-order chi connectivity index (χ1) is 7.69. The van der Waals surface area contributed by atoms with E-state index in [1.54, 1.807) is 0 Å². The van der Waals surface area contributed by atoms with Crippen molar-refractivity contribution in [1.29, 1.82) is 0 Å². The number of aryl methyl sites for hydroxylation is 1. The number of hydrogen-bond acceptors (Lipinski definition) is 2. The van der Waals surface area contributed by atoms with Crippen LogP contribution in [0.25, 0.3) is 6.08 Å². The first-order valence-electron chi connectivity index (χ1n) is 5.23. The molecule has 0 fully saturated rings. The highest BCUT2D eigenvalue weighted by molar-refractivity contribution is 5.82. The first-order valence-corrected chi connectivity index (χ1v) is 5.23. The molecule has 1 rings (SSSR count). The molecular formula is C14H18N2. The van der Waals surface area contributed by atoms with E-state index in [1.165, 1.54) is 5.56 Å². The zero-order valence-electron chi connectivity index (χ0n) is 10.0. The van der Waals surface area contributed by atoms with Crippen LogP contribution in [0.2, 0.25) is 0 Å². The Morgan fingerprint density at radius 1 is 1.44 bits per heavy atom. The maximum atomic E-state index is 4.10. The maximum absolute atomic E-state index is 4.10. The van der Waals surface area contributed by atoms with Gasteiger partial charge in [0.05, 0.1) is 11.4 Å². The lowest BCUT2D eigenvalue weighted by atomic mass is 9.98. The van der Waals surface area contributed by atoms with Crippen molar-refractivity contribution in [2.24, 2.45) is 4.99 Å². The van der Waals surface area contributed by atoms with Crippen LogP contribution in [-0.2, 0) is 6.42 Å². The van der Waals surface area contributed by atoms with Crippen molar-refractivity contribution < 1.29 is 0 Å². The second-order valence-electron chi connectivity index (χ2n) is 3.59. The molecule has 0 saturated heterocycles. The molecule has 0 aliphatic rings. The number of allylic oxidation sites excluding steroid dienone is 1. The number of rotatable bonds is 5. The molecule has 1 aromatic rings. The van der Waals surface area contributed by atoms with E-state index >= 15 is 0 Å². The van der Waals surface area contributed by atoms with Crippen LogP contribution < -0.4 is 5.32 Å². The minimum absolute atomic E-state index is 0.793. The molecule has 0 amide bonds. The fourth-order valence-electron chi connectivity index (χ4n) is 1.90. The molecule has 16 heavy (non-hydrogen) atoms. The summed E-state index contributed by atoms with van der Waals surface area (Å²) >= 11 is 0. The number of benzene rings is 1. The Hall–Kier alpha value is -1.83. The largest absolute Gasteiger partial charge is 0.386 e. The van der Waals surface area contributed by atoms with Gasteiger partial charge in [-0.3, -0.25) is 4.99 Å². The minimum atomic E-state index is 0.793. The van der Waals surface area contributed by atoms with E-state index in [-0.39, 0.29) is 0 Å². The van der Waals surface area contributed by atoms with Gasteiger partial charge in [0.15, 0.2) is 0 Å². The molecule has 0 aromatic heterocycles. The quantitative estimate of drug-likeness (QED) is 0.586. The highest BCUT2D eigenvalue weighted by Gasteiger charge is 2.11. The number of nitrogens with one attached hydrogen (secondary N) is 1. The van der Waals surface area contributed by atoms with Gasteiger partial charge in [0, 0.05) is 12.6 Å². The average Bonchev–Trinajstić information content (AvgIpc) is 2.28. The second-order valence-corrected chi connectivity index (χ2v) is 3.59. The summed E-state index contributed by atoms with van der Waals surface area (Å²) in [7, 11) is 1.88. The maximum Gasteiger partial charge on any atom is 0.0895 e. The van der Waals surface area contributed by atoms with Gasteiger partial charge in [-0.1, -0.05) is 24.8 Å². The van der Waals surface area contributed by atoms with Gasteiger partial charge in [0.2, 0.25) is 0 Å². The molecular weight excluding hydrogens is 196 g/mol. The summed E-state index contributed by atoms with van der Waals surface area (Å²) in [5.74, 6) is 0. The van der Waals surface area contributed by atoms with Crippen molar-refractivity contribution in [2.45, 2.75) is 13.3 Å². The Balaban J connectivity index is 3.55. The Labute approximate surface area is 97.4 Å². The topological polar surface area (TPSA) is 24.4 Å². The van der Waals surface area contributed by atoms with Gasteiger partial charge in [0.25, 0.3) is 0 Å². The Bertz CT molecular complexity index is 431. The second kappa shape index (κ2) is 5.31. The van der Waals surface area contributed by atoms with Crippen LogP contribution in [0.4, 0.5) is 11.4 Å². The van der Waals surface area contributed by atoms with Crippen molar-refractivity contribution in [3.63, 3.8) is 0 Å². The van der Waals surface area contributed by atoms with Gasteiger partial charge in [-0.25, -0.2) is 0 Å². The molecule has 1 aromatic carbocycles. The number of nitrogens with zero attached hydrogens (tertiary/aromatic N) is 1. The fraction of sp³-hybridized carbons (Fsp3) is 0.214. The minimum Gasteiger partial charge on any atom is -0.386 e. The molecule has 1 N–H and O–H groups in total. The fourth-order valence-corrected chi connectivity index (χ4v) is 1.90. The SMILES string of the molecule is C=CCc1cc(C)c(C=C)c(NC)c1N=C. The molecule has 0 atom stereocenters. The van der Waals surface area contributed by atoms with Crippen molar-refractivity contribution in [3.05, 3.63) is 42.0 Å². The summed E-state index contributed by atoms with van der Waals surface area (Å²) in [5.41, 5.74) is 5.28. The van der Waals surface area contributed by atoms with Crippen molar-refractivity contribution in [2.75, 3.05) is 12.4 Å². The van der Waals surface area contributed by atoms with Gasteiger partial charge in [-0.05, 0) is 31.2 Å². The van der Waals surface area contributed by atoms with Crippen LogP contribution in [0.15, 0.2) is 30.3 Å². The highest BCUT2D eigenvalue weighted by Crippen LogP contribution is 2.35. The molecule has 0 radical (unpaired) electrons. The predicted octanol–water partition coefficient (Wildman–Crippen LogP) is 3.74. The van der Waals surface area contributed by atoms with Gasteiger partial charge in [0.1, 0.15) is 0 Å². The van der Waals surface area contributed by atoms with E-state index < -0.39 is 0 Å². The number of aliphatic imine (C=N–C) groups is 1. The summed E-state index contributed by atoms with van der Waals surface area (Å²) in [6.45, 7) is 13.3. The lowest BCUT2D eigenvalue weighted by Gasteiger charge is -2.15. The average molecular weight is 214 g/mol. The van der Waals surface area contributed by atoms with Crippen LogP contribution in [0.3, 0.4) is 0 Å². The number of anilines is 1. The van der Waals surface area contributed by atoms with E-state index in [0.717, 1.165) is 28.9 Å². The molecule has 0 aliphatic carbocycles. The molecule has 0 bridgehead atoms. The summed E-state index contributed by atoms with van der Waals surface area (Å²) in [4.78, 5) is 4.10. The molecule has 0 unspecified atom stereocenters. The van der Waals surface area contributed by atoms with Gasteiger partial charge >= 0.3 is 0 Å². The van der Waals surface area contributed by atoms with Gasteiger partial charge in [-0.2, -0.15) is 0 Å². The van der Waals surface area contributed by atoms with E-state index in [2.05, 4.69) is 43.2 Å². The smallest absolute Gasteiger partial charge is 0.0895 e. The van der Waals surface area contributed by atoms with Crippen LogP contribution >= 0.6 is 0 Å². The zero-order chi connectivity index (χ0) is 12.1. The first kappa shape index (κ1) is 12.2. The molecule has 2 nitrogen and oxygen atoms in total. The Morgan fingerprint density at radius 2 is 2.12 bits per heavy atom. The summed E-state index contributed by atoms with van der Waals surface area (Å²) in [6, 6.07) is 2.11. The van der Waals surface area contributed by atoms with Crippen LogP contribution in [-0.4, -0.2) is 13.8 Å². The van der Waals surface area contributed by atoms with E-state index in [0.29, 0.717) is 0 Å². The Kier molecular flexibility index (Phi) is 4.06. The Morgan fingerprint density at radius 3 is 2.56 bits per heavy atom. The van der Waals surface area contributed by atoms with Gasteiger partial charge < -0.3 is 5.32 Å². The molecule has 84 valence electrons. The third-order valence-electron chi connectivity index (χ3n) is 2.60. The lowest BCUT2D eigenvalue weighted by Crippen LogP contribution is -1.98. The monoisotopic (exact) mass is 214 g/mol. The summed E-state index contributed by atoms with van der Waals surface area (Å²) in [6.07, 6.45) is 4.51. The van der Waals surface area contributed by atoms with Crippen molar-refractivity contribution in [1.82, 2.24) is 0 Å². The molecule has 0 saturated carbocycles. The number of hydrogen-bond donors (Lipinski definition) is 1. The van der Waals surface area contributed by atoms with Crippen LogP contribution in [0.1, 0.15) is 16.7 Å². The van der Waals surface area contributed by atoms with E-state index in [1.807, 2.05) is 19.2 Å². The van der Waals surface area contributed by atoms with E-state index in [9.17, 15) is 0 Å². The third-order valence-corrected chi connectivity index (χ3v) is 2.60. The third kappa shape index (κ3) is 2.06. The van der Waals surface area contributed by atoms with Crippen molar-refractivity contribution >= 4 is 24.2 Å². The molecule has 2 heteroatoms. The lowest BCUT2D eigenvalue weighted by molar-refractivity contribution is 1.23. The van der Waals surface area contributed by atoms with Crippen molar-refractivity contribution in [3.8, 4) is 0 Å². The molecule has 0 aliphatic heterocycles. The molecule has 0 heterocycles. The van der Waals surface area contributed by atoms with Crippen LogP contribution in [0, 0.1) is 6.92 Å². The highest BCUT2D eigenvalue weighted by atomic mass is 14.9. The molecule has 0 spiro atoms. The summed E-state index contributed by atoms with van der Waals surface area (Å²) in [5, 5.41) is 3.17. The zero-order valence-corrected chi connectivity index (χ0v) is 10.0. The van der Waals surface area contributed by atoms with Gasteiger partial charge in [-0.15, -0.1) is 6.58 Å². The van der Waals surface area contributed by atoms with Crippen LogP contribution in [0.5, 0.6) is 0 Å². The summed E-state index contributed by atoms with van der Waals surface area (Å²) < 4.78 is 0. The standard InChI is InChI=1S/C14H18N2/c1-6-8-11-9-10(3)12(7-2)14(16-5)13(11)15-4/h6-7,9,16H,1-2,4,8H2,3,5H3.